The molecule has 1 aromatic rings. The average molecular weight is 182 g/mol. The first-order valence-electron chi connectivity index (χ1n) is 4.35. The van der Waals surface area contributed by atoms with Crippen molar-refractivity contribution in [3.63, 3.8) is 0 Å². The molecule has 0 radical (unpaired) electrons. The maximum atomic E-state index is 12.8. The summed E-state index contributed by atoms with van der Waals surface area (Å²) in [5.41, 5.74) is 1.59. The van der Waals surface area contributed by atoms with Crippen molar-refractivity contribution in [2.45, 2.75) is 26.2 Å². The molecule has 1 nitrogen and oxygen atoms in total. The smallest absolute Gasteiger partial charge is 0.123 e. The summed E-state index contributed by atoms with van der Waals surface area (Å²) in [6.07, 6.45) is 0. The fourth-order valence-corrected chi connectivity index (χ4v) is 1.47. The van der Waals surface area contributed by atoms with Crippen molar-refractivity contribution >= 4 is 0 Å². The molecule has 0 amide bonds. The number of halogens is 1. The van der Waals surface area contributed by atoms with Crippen molar-refractivity contribution in [1.82, 2.24) is 0 Å². The van der Waals surface area contributed by atoms with E-state index in [1.165, 1.54) is 12.1 Å². The van der Waals surface area contributed by atoms with Crippen LogP contribution in [0.3, 0.4) is 0 Å². The van der Waals surface area contributed by atoms with E-state index in [2.05, 4.69) is 0 Å². The topological polar surface area (TPSA) is 20.2 Å². The highest BCUT2D eigenvalue weighted by Gasteiger charge is 2.21. The van der Waals surface area contributed by atoms with E-state index in [0.29, 0.717) is 0 Å². The molecule has 0 aliphatic rings. The SMILES string of the molecule is Cc1cc(F)ccc1C(C)(C)CO. The number of hydrogen-bond donors (Lipinski definition) is 1. The van der Waals surface area contributed by atoms with Crippen LogP contribution < -0.4 is 0 Å². The molecule has 0 spiro atoms. The van der Waals surface area contributed by atoms with Crippen LogP contribution >= 0.6 is 0 Å². The Morgan fingerprint density at radius 2 is 2.00 bits per heavy atom. The minimum Gasteiger partial charge on any atom is -0.395 e. The van der Waals surface area contributed by atoms with Crippen LogP contribution in [0.1, 0.15) is 25.0 Å². The summed E-state index contributed by atoms with van der Waals surface area (Å²) in [5, 5.41) is 9.15. The monoisotopic (exact) mass is 182 g/mol. The molecule has 0 fully saturated rings. The molecular formula is C11H15FO. The van der Waals surface area contributed by atoms with Gasteiger partial charge in [-0.2, -0.15) is 0 Å². The van der Waals surface area contributed by atoms with Crippen molar-refractivity contribution in [3.05, 3.63) is 35.1 Å². The molecule has 0 aliphatic heterocycles. The number of rotatable bonds is 2. The van der Waals surface area contributed by atoms with Crippen molar-refractivity contribution < 1.29 is 9.50 Å². The predicted octanol–water partition coefficient (Wildman–Crippen LogP) is 2.40. The molecule has 1 aromatic carbocycles. The van der Waals surface area contributed by atoms with Gasteiger partial charge < -0.3 is 5.11 Å². The van der Waals surface area contributed by atoms with Gasteiger partial charge in [-0.1, -0.05) is 19.9 Å². The Bertz CT molecular complexity index is 305. The van der Waals surface area contributed by atoms with Crippen LogP contribution in [0.5, 0.6) is 0 Å². The quantitative estimate of drug-likeness (QED) is 0.744. The molecule has 0 aliphatic carbocycles. The maximum absolute atomic E-state index is 12.8. The van der Waals surface area contributed by atoms with Crippen LogP contribution in [0.15, 0.2) is 18.2 Å². The molecule has 72 valence electrons. The third-order valence-electron chi connectivity index (χ3n) is 2.31. The van der Waals surface area contributed by atoms with Crippen molar-refractivity contribution in [1.29, 1.82) is 0 Å². The summed E-state index contributed by atoms with van der Waals surface area (Å²) in [6.45, 7) is 5.80. The van der Waals surface area contributed by atoms with Crippen LogP contribution in [0, 0.1) is 12.7 Å². The molecule has 0 saturated carbocycles. The fourth-order valence-electron chi connectivity index (χ4n) is 1.47. The van der Waals surface area contributed by atoms with Gasteiger partial charge in [0.1, 0.15) is 5.82 Å². The van der Waals surface area contributed by atoms with E-state index >= 15 is 0 Å². The molecule has 0 saturated heterocycles. The lowest BCUT2D eigenvalue weighted by Crippen LogP contribution is -2.23. The number of aliphatic hydroxyl groups is 1. The van der Waals surface area contributed by atoms with Gasteiger partial charge in [0.15, 0.2) is 0 Å². The van der Waals surface area contributed by atoms with Gasteiger partial charge in [0.05, 0.1) is 6.61 Å². The highest BCUT2D eigenvalue weighted by Crippen LogP contribution is 2.25. The Labute approximate surface area is 78.2 Å². The first-order chi connectivity index (χ1) is 5.97. The molecule has 0 bridgehead atoms. The summed E-state index contributed by atoms with van der Waals surface area (Å²) in [4.78, 5) is 0. The summed E-state index contributed by atoms with van der Waals surface area (Å²) < 4.78 is 12.8. The van der Waals surface area contributed by atoms with Crippen LogP contribution in [-0.2, 0) is 5.41 Å². The van der Waals surface area contributed by atoms with E-state index in [1.807, 2.05) is 20.8 Å². The molecule has 0 heterocycles. The highest BCUT2D eigenvalue weighted by molar-refractivity contribution is 5.32. The van der Waals surface area contributed by atoms with Crippen LogP contribution in [0.4, 0.5) is 4.39 Å². The Morgan fingerprint density at radius 3 is 2.46 bits per heavy atom. The first-order valence-corrected chi connectivity index (χ1v) is 4.35. The molecule has 0 aromatic heterocycles. The van der Waals surface area contributed by atoms with Gasteiger partial charge in [0.25, 0.3) is 0 Å². The standard InChI is InChI=1S/C11H15FO/c1-8-6-9(12)4-5-10(8)11(2,3)7-13/h4-6,13H,7H2,1-3H3. The zero-order valence-corrected chi connectivity index (χ0v) is 8.26. The van der Waals surface area contributed by atoms with Gasteiger partial charge in [0, 0.05) is 5.41 Å². The second-order valence-electron chi connectivity index (χ2n) is 4.00. The first kappa shape index (κ1) is 10.2. The van der Waals surface area contributed by atoms with E-state index in [1.54, 1.807) is 6.07 Å². The molecule has 1 rings (SSSR count). The Hall–Kier alpha value is -0.890. The van der Waals surface area contributed by atoms with Crippen molar-refractivity contribution in [2.24, 2.45) is 0 Å². The fraction of sp³-hybridized carbons (Fsp3) is 0.455. The van der Waals surface area contributed by atoms with Crippen LogP contribution in [-0.4, -0.2) is 11.7 Å². The molecule has 0 unspecified atom stereocenters. The Balaban J connectivity index is 3.16. The van der Waals surface area contributed by atoms with E-state index in [9.17, 15) is 4.39 Å². The lowest BCUT2D eigenvalue weighted by atomic mass is 9.83. The Kier molecular flexibility index (Phi) is 2.71. The third-order valence-corrected chi connectivity index (χ3v) is 2.31. The minimum absolute atomic E-state index is 0.0689. The highest BCUT2D eigenvalue weighted by atomic mass is 19.1. The van der Waals surface area contributed by atoms with E-state index in [4.69, 9.17) is 5.11 Å². The third kappa shape index (κ3) is 2.07. The van der Waals surface area contributed by atoms with Crippen LogP contribution in [0.2, 0.25) is 0 Å². The Morgan fingerprint density at radius 1 is 1.38 bits per heavy atom. The van der Waals surface area contributed by atoms with Gasteiger partial charge in [-0.25, -0.2) is 4.39 Å². The number of hydrogen-bond acceptors (Lipinski definition) is 1. The summed E-state index contributed by atoms with van der Waals surface area (Å²) >= 11 is 0. The van der Waals surface area contributed by atoms with Gasteiger partial charge in [-0.3, -0.25) is 0 Å². The second kappa shape index (κ2) is 3.46. The van der Waals surface area contributed by atoms with Crippen LogP contribution in [0.25, 0.3) is 0 Å². The summed E-state index contributed by atoms with van der Waals surface area (Å²) in [6, 6.07) is 4.66. The molecular weight excluding hydrogens is 167 g/mol. The van der Waals surface area contributed by atoms with Gasteiger partial charge in [0.2, 0.25) is 0 Å². The maximum Gasteiger partial charge on any atom is 0.123 e. The van der Waals surface area contributed by atoms with E-state index in [-0.39, 0.29) is 17.8 Å². The minimum atomic E-state index is -0.294. The van der Waals surface area contributed by atoms with Crippen molar-refractivity contribution in [2.75, 3.05) is 6.61 Å². The number of aliphatic hydroxyl groups excluding tert-OH is 1. The van der Waals surface area contributed by atoms with Crippen molar-refractivity contribution in [3.8, 4) is 0 Å². The summed E-state index contributed by atoms with van der Waals surface area (Å²) in [5.74, 6) is -0.227. The van der Waals surface area contributed by atoms with Gasteiger partial charge in [-0.15, -0.1) is 0 Å². The number of aryl methyl sites for hydroxylation is 1. The van der Waals surface area contributed by atoms with E-state index < -0.39 is 0 Å². The molecule has 13 heavy (non-hydrogen) atoms. The summed E-state index contributed by atoms with van der Waals surface area (Å²) in [7, 11) is 0. The van der Waals surface area contributed by atoms with Gasteiger partial charge in [-0.05, 0) is 30.2 Å². The predicted molar refractivity (Wildman–Crippen MR) is 51.2 cm³/mol. The molecule has 0 atom stereocenters. The largest absolute Gasteiger partial charge is 0.395 e. The molecule has 1 N–H and O–H groups in total. The zero-order chi connectivity index (χ0) is 10.1. The normalized spacial score (nSPS) is 11.8. The molecule has 2 heteroatoms. The average Bonchev–Trinajstić information content (AvgIpc) is 2.03. The number of benzene rings is 1. The van der Waals surface area contributed by atoms with Gasteiger partial charge >= 0.3 is 0 Å². The second-order valence-corrected chi connectivity index (χ2v) is 4.00. The lowest BCUT2D eigenvalue weighted by Gasteiger charge is -2.24. The zero-order valence-electron chi connectivity index (χ0n) is 8.26. The van der Waals surface area contributed by atoms with E-state index in [0.717, 1.165) is 11.1 Å². The lowest BCUT2D eigenvalue weighted by molar-refractivity contribution is 0.218.